The number of H-pyrrole nitrogens is 2. The molecule has 9 N–H and O–H groups in total. The predicted molar refractivity (Wildman–Crippen MR) is 363 cm³/mol. The third kappa shape index (κ3) is 11.9. The number of nitrogens with zero attached hydrogens (tertiary/aromatic N) is 13. The summed E-state index contributed by atoms with van der Waals surface area (Å²) in [5.41, 5.74) is 30.5. The summed E-state index contributed by atoms with van der Waals surface area (Å²) < 4.78 is 12.1. The van der Waals surface area contributed by atoms with Crippen LogP contribution in [0.5, 0.6) is 0 Å². The van der Waals surface area contributed by atoms with E-state index in [1.54, 1.807) is 56.2 Å². The van der Waals surface area contributed by atoms with E-state index in [1.165, 1.54) is 0 Å². The number of amides is 2. The van der Waals surface area contributed by atoms with Gasteiger partial charge in [0.1, 0.15) is 79.9 Å². The van der Waals surface area contributed by atoms with Gasteiger partial charge in [0, 0.05) is 142 Å². The summed E-state index contributed by atoms with van der Waals surface area (Å²) in [5.74, 6) is 4.66. The number of furan rings is 1. The number of rotatable bonds is 10. The number of aryl methyl sites for hydroxylation is 1. The Morgan fingerprint density at radius 3 is 1.98 bits per heavy atom. The second kappa shape index (κ2) is 25.6. The maximum Gasteiger partial charge on any atom is 0.319 e. The number of hydrogen-bond donors (Lipinski definition) is 6. The number of halogens is 1. The van der Waals surface area contributed by atoms with E-state index >= 15 is 0 Å². The predicted octanol–water partition coefficient (Wildman–Crippen LogP) is 12.1. The summed E-state index contributed by atoms with van der Waals surface area (Å²) in [7, 11) is 3.56. The van der Waals surface area contributed by atoms with E-state index in [4.69, 9.17) is 48.2 Å². The van der Waals surface area contributed by atoms with Crippen molar-refractivity contribution in [1.82, 2.24) is 72.8 Å². The number of aromatic nitrogens is 13. The van der Waals surface area contributed by atoms with Crippen LogP contribution in [0.25, 0.3) is 78.9 Å². The number of carbonyl (C=O) groups excluding carboxylic acids is 3. The minimum Gasteiger partial charge on any atom is -0.481 e. The number of piperidine rings is 1. The monoisotopic (exact) mass is 1290 g/mol. The first-order chi connectivity index (χ1) is 46.0. The molecule has 11 aromatic heterocycles. The summed E-state index contributed by atoms with van der Waals surface area (Å²) in [6.07, 6.45) is 26.8. The number of pyridine rings is 2. The van der Waals surface area contributed by atoms with Crippen molar-refractivity contribution in [3.63, 3.8) is 0 Å². The summed E-state index contributed by atoms with van der Waals surface area (Å²) in [5, 5.41) is 11.0. The van der Waals surface area contributed by atoms with Crippen molar-refractivity contribution in [2.24, 2.45) is 11.8 Å². The van der Waals surface area contributed by atoms with Crippen LogP contribution in [0.1, 0.15) is 133 Å². The fourth-order valence-electron chi connectivity index (χ4n) is 14.2. The lowest BCUT2D eigenvalue weighted by Gasteiger charge is -2.33. The number of carboxylic acid groups (broad SMARTS) is 1. The van der Waals surface area contributed by atoms with Crippen LogP contribution < -0.4 is 17.2 Å². The highest BCUT2D eigenvalue weighted by Gasteiger charge is 2.35. The summed E-state index contributed by atoms with van der Waals surface area (Å²) in [4.78, 5) is 95.5. The Morgan fingerprint density at radius 1 is 0.684 bits per heavy atom. The van der Waals surface area contributed by atoms with Gasteiger partial charge in [-0.3, -0.25) is 37.6 Å². The summed E-state index contributed by atoms with van der Waals surface area (Å²) >= 11 is 6.36. The molecular weight excluding hydrogens is 1220 g/mol. The number of imidazole rings is 3. The molecule has 3 fully saturated rings. The van der Waals surface area contributed by atoms with Crippen LogP contribution in [0.4, 0.5) is 22.2 Å². The molecule has 3 aliphatic carbocycles. The number of hydrogen-bond acceptors (Lipinski definition) is 16. The summed E-state index contributed by atoms with van der Waals surface area (Å²) in [6, 6.07) is 19.1. The number of fused-ring (bicyclic) bond motifs is 6. The number of aliphatic carboxylic acids is 1. The van der Waals surface area contributed by atoms with Gasteiger partial charge in [-0.15, -0.1) is 0 Å². The van der Waals surface area contributed by atoms with Crippen molar-refractivity contribution in [2.75, 3.05) is 44.4 Å². The molecule has 95 heavy (non-hydrogen) atoms. The van der Waals surface area contributed by atoms with E-state index in [0.717, 1.165) is 136 Å². The first-order valence-corrected chi connectivity index (χ1v) is 32.5. The third-order valence-corrected chi connectivity index (χ3v) is 19.4. The van der Waals surface area contributed by atoms with E-state index in [9.17, 15) is 24.3 Å². The Morgan fingerprint density at radius 2 is 1.32 bits per heavy atom. The molecule has 24 nitrogen and oxygen atoms in total. The Kier molecular flexibility index (Phi) is 16.7. The van der Waals surface area contributed by atoms with Crippen molar-refractivity contribution in [3.8, 4) is 34.2 Å². The largest absolute Gasteiger partial charge is 0.481 e. The Balaban J connectivity index is 0.000000123. The van der Waals surface area contributed by atoms with Gasteiger partial charge >= 0.3 is 12.0 Å². The van der Waals surface area contributed by atoms with Gasteiger partial charge in [-0.2, -0.15) is 0 Å². The molecule has 4 aliphatic rings. The van der Waals surface area contributed by atoms with E-state index in [0.29, 0.717) is 89.5 Å². The molecule has 0 radical (unpaired) electrons. The number of nitrogen functional groups attached to an aromatic ring is 3. The molecule has 1 aromatic carbocycles. The number of benzene rings is 1. The maximum absolute atomic E-state index is 12.9. The molecule has 0 unspecified atom stereocenters. The van der Waals surface area contributed by atoms with E-state index in [2.05, 4.69) is 39.3 Å². The molecular formula is C70H71ClN18O6. The van der Waals surface area contributed by atoms with E-state index in [-0.39, 0.29) is 47.2 Å². The van der Waals surface area contributed by atoms with Crippen molar-refractivity contribution in [1.29, 1.82) is 0 Å². The molecule has 12 aromatic rings. The molecule has 484 valence electrons. The zero-order valence-corrected chi connectivity index (χ0v) is 53.5. The van der Waals surface area contributed by atoms with Gasteiger partial charge < -0.3 is 46.5 Å². The highest BCUT2D eigenvalue weighted by Crippen LogP contribution is 2.43. The third-order valence-electron chi connectivity index (χ3n) is 19.1. The number of aromatic amines is 2. The molecule has 0 atom stereocenters. The molecule has 2 saturated carbocycles. The number of carboxylic acids is 1. The first-order valence-electron chi connectivity index (χ1n) is 32.1. The second-order valence-corrected chi connectivity index (χ2v) is 25.7. The smallest absolute Gasteiger partial charge is 0.319 e. The van der Waals surface area contributed by atoms with Gasteiger partial charge in [0.2, 0.25) is 0 Å². The Bertz CT molecular complexity index is 4920. The van der Waals surface area contributed by atoms with Crippen LogP contribution in [0, 0.1) is 18.8 Å². The van der Waals surface area contributed by atoms with Gasteiger partial charge in [0.25, 0.3) is 0 Å². The lowest BCUT2D eigenvalue weighted by Crippen LogP contribution is -2.43. The van der Waals surface area contributed by atoms with E-state index < -0.39 is 5.97 Å². The van der Waals surface area contributed by atoms with Crippen molar-refractivity contribution >= 4 is 97.3 Å². The zero-order valence-electron chi connectivity index (χ0n) is 52.7. The topological polar surface area (TPSA) is 334 Å². The summed E-state index contributed by atoms with van der Waals surface area (Å²) in [6.45, 7) is 3.38. The van der Waals surface area contributed by atoms with Gasteiger partial charge in [0.05, 0.1) is 27.8 Å². The molecule has 0 spiro atoms. The fourth-order valence-corrected chi connectivity index (χ4v) is 14.4. The van der Waals surface area contributed by atoms with Crippen LogP contribution in [0.3, 0.4) is 0 Å². The number of nitrogens with one attached hydrogen (secondary N) is 2. The molecule has 1 saturated heterocycles. The van der Waals surface area contributed by atoms with Crippen molar-refractivity contribution < 1.29 is 28.7 Å². The highest BCUT2D eigenvalue weighted by molar-refractivity contribution is 6.35. The van der Waals surface area contributed by atoms with Crippen molar-refractivity contribution in [3.05, 3.63) is 161 Å². The number of urea groups is 1. The minimum absolute atomic E-state index is 0.0466. The number of likely N-dealkylation sites (tertiary alicyclic amines) is 1. The number of anilines is 3. The average Bonchev–Trinajstić information content (AvgIpc) is 1.62. The fraction of sp³-hybridized carbons (Fsp3) is 0.314. The first kappa shape index (κ1) is 61.7. The van der Waals surface area contributed by atoms with Crippen molar-refractivity contribution in [2.45, 2.75) is 102 Å². The molecule has 0 bridgehead atoms. The number of nitrogens with two attached hydrogens (primary N) is 3. The quantitative estimate of drug-likeness (QED) is 0.0741. The number of ketones is 2. The van der Waals surface area contributed by atoms with Gasteiger partial charge in [-0.25, -0.2) is 34.7 Å². The lowest BCUT2D eigenvalue weighted by molar-refractivity contribution is -0.142. The number of para-hydroxylation sites is 1. The number of Topliss-reactive ketones (excluding diaryl/α,β-unsaturated/α-hetero) is 2. The Hall–Kier alpha value is -10.8. The minimum atomic E-state index is -0.707. The zero-order chi connectivity index (χ0) is 65.8. The SMILES string of the molecule is CN(C)C(=O)N1CCC(c2nc(-c3cc4ncccc4o3)c3c(N)nccn23)CC1.Cc1cnc(N)c2c(-c3cc4cccc(Cl)c4[nH]3)nc(C3CCC(C(=O)O)CC3)n12.Nc1nccn2c(C3CCC(C(=O)Cc4cccnc4)CC3)nc(-c3cc4c([nH]3)C=CCC4=O)c12. The maximum atomic E-state index is 12.9. The van der Waals surface area contributed by atoms with Crippen LogP contribution in [0.2, 0.25) is 5.02 Å². The average molecular weight is 1300 g/mol. The molecule has 16 rings (SSSR count). The van der Waals surface area contributed by atoms with Gasteiger partial charge in [0.15, 0.2) is 17.1 Å². The Labute approximate surface area is 549 Å². The number of carbonyl (C=O) groups is 4. The standard InChI is InChI=1S/C27H26N6O2.C22H22ClN5O2.C21H23N7O2/c28-26-25-24(21-14-19-20(31-21)4-1-5-22(19)34)32-27(33(25)12-11-30-26)18-8-6-17(7-9-18)23(35)13-16-3-2-10-29-15-16;1-11-10-25-20(24)19-18(16-9-14-3-2-4-15(23)17(14)26-16)27-21(28(11)19)12-5-7-13(8-6-12)22(29)30;1-26(2)21(29)27-9-5-13(6-10-27)20-25-17(18-19(22)24-8-11-28(18)20)16-12-14-15(30-16)4-3-7-23-14/h1-4,10-12,14-15,17-18,31H,5-9,13H2,(H2,28,30);2-4,9-10,12-13,26H,5-8H2,1H3,(H2,24,25)(H,29,30);3-4,7-8,11-13H,5-6,9-10H2,1-2H3,(H2,22,24). The molecule has 2 amide bonds. The van der Waals surface area contributed by atoms with Crippen LogP contribution in [-0.2, 0) is 16.0 Å². The lowest BCUT2D eigenvalue weighted by atomic mass is 9.78. The van der Waals surface area contributed by atoms with E-state index in [1.807, 2.05) is 106 Å². The normalized spacial score (nSPS) is 18.2. The van der Waals surface area contributed by atoms with Gasteiger partial charge in [-0.1, -0.05) is 35.9 Å². The van der Waals surface area contributed by atoms with Crippen LogP contribution in [-0.4, -0.2) is 129 Å². The number of allylic oxidation sites excluding steroid dienone is 1. The van der Waals surface area contributed by atoms with Crippen LogP contribution in [0.15, 0.2) is 121 Å². The molecule has 25 heteroatoms. The second-order valence-electron chi connectivity index (χ2n) is 25.3. The van der Waals surface area contributed by atoms with Gasteiger partial charge in [-0.05, 0) is 119 Å². The molecule has 12 heterocycles. The molecule has 1 aliphatic heterocycles. The highest BCUT2D eigenvalue weighted by atomic mass is 35.5. The van der Waals surface area contributed by atoms with Crippen LogP contribution >= 0.6 is 11.6 Å².